The third kappa shape index (κ3) is 5.21. The molecule has 0 unspecified atom stereocenters. The van der Waals surface area contributed by atoms with Crippen LogP contribution in [0.2, 0.25) is 0 Å². The fourth-order valence-corrected chi connectivity index (χ4v) is 2.78. The Morgan fingerprint density at radius 3 is 2.28 bits per heavy atom. The first-order chi connectivity index (χ1) is 12.0. The molecule has 0 aliphatic heterocycles. The summed E-state index contributed by atoms with van der Waals surface area (Å²) in [6.07, 6.45) is 3.55. The molecule has 5 heteroatoms. The van der Waals surface area contributed by atoms with E-state index < -0.39 is 0 Å². The van der Waals surface area contributed by atoms with Gasteiger partial charge in [-0.1, -0.05) is 32.0 Å². The molecule has 0 aliphatic carbocycles. The number of carbonyl (C=O) groups excluding carboxylic acids is 2. The van der Waals surface area contributed by atoms with Crippen LogP contribution in [-0.2, 0) is 29.0 Å². The highest BCUT2D eigenvalue weighted by atomic mass is 16.3. The van der Waals surface area contributed by atoms with Gasteiger partial charge in [-0.2, -0.15) is 0 Å². The number of nitrogens with one attached hydrogen (secondary N) is 1. The highest BCUT2D eigenvalue weighted by Gasteiger charge is 2.15. The average molecular weight is 342 g/mol. The van der Waals surface area contributed by atoms with Crippen LogP contribution in [0.5, 0.6) is 0 Å². The largest absolute Gasteiger partial charge is 0.467 e. The summed E-state index contributed by atoms with van der Waals surface area (Å²) in [5.74, 6) is 0.550. The molecule has 0 saturated heterocycles. The Morgan fingerprint density at radius 1 is 1.08 bits per heavy atom. The maximum absolute atomic E-state index is 12.4. The van der Waals surface area contributed by atoms with Crippen LogP contribution in [0.25, 0.3) is 0 Å². The minimum Gasteiger partial charge on any atom is -0.467 e. The van der Waals surface area contributed by atoms with Gasteiger partial charge in [0.2, 0.25) is 11.8 Å². The molecule has 0 spiro atoms. The number of hydrogen-bond donors (Lipinski definition) is 1. The summed E-state index contributed by atoms with van der Waals surface area (Å²) in [5, 5.41) is 3.03. The highest BCUT2D eigenvalue weighted by molar-refractivity contribution is 5.92. The maximum atomic E-state index is 12.4. The quantitative estimate of drug-likeness (QED) is 0.794. The van der Waals surface area contributed by atoms with Crippen molar-refractivity contribution in [2.75, 3.05) is 11.9 Å². The summed E-state index contributed by atoms with van der Waals surface area (Å²) < 4.78 is 5.28. The van der Waals surface area contributed by atoms with E-state index in [4.69, 9.17) is 4.42 Å². The zero-order chi connectivity index (χ0) is 18.2. The molecule has 0 fully saturated rings. The predicted molar refractivity (Wildman–Crippen MR) is 98.2 cm³/mol. The Bertz CT molecular complexity index is 685. The normalized spacial score (nSPS) is 10.5. The van der Waals surface area contributed by atoms with Gasteiger partial charge in [0.1, 0.15) is 5.76 Å². The van der Waals surface area contributed by atoms with E-state index in [-0.39, 0.29) is 18.2 Å². The summed E-state index contributed by atoms with van der Waals surface area (Å²) in [6.45, 7) is 6.39. The standard InChI is InChI=1S/C20H26N2O3/c1-4-16-8-6-9-17(5-2)20(16)21-19(24)11-12-22(15(3)23)14-18-10-7-13-25-18/h6-10,13H,4-5,11-12,14H2,1-3H3,(H,21,24). The second kappa shape index (κ2) is 9.06. The first-order valence-corrected chi connectivity index (χ1v) is 8.73. The van der Waals surface area contributed by atoms with Gasteiger partial charge in [0.05, 0.1) is 12.8 Å². The van der Waals surface area contributed by atoms with Crippen molar-refractivity contribution >= 4 is 17.5 Å². The van der Waals surface area contributed by atoms with E-state index in [1.54, 1.807) is 17.2 Å². The molecule has 1 aromatic carbocycles. The predicted octanol–water partition coefficient (Wildman–Crippen LogP) is 3.78. The van der Waals surface area contributed by atoms with Crippen molar-refractivity contribution in [1.29, 1.82) is 0 Å². The molecule has 2 rings (SSSR count). The molecule has 0 aliphatic rings. The van der Waals surface area contributed by atoms with E-state index in [1.807, 2.05) is 24.3 Å². The second-order valence-corrected chi connectivity index (χ2v) is 5.98. The summed E-state index contributed by atoms with van der Waals surface area (Å²) in [6, 6.07) is 9.70. The third-order valence-corrected chi connectivity index (χ3v) is 4.24. The maximum Gasteiger partial charge on any atom is 0.226 e. The van der Waals surface area contributed by atoms with Crippen molar-refractivity contribution in [2.24, 2.45) is 0 Å². The van der Waals surface area contributed by atoms with Gasteiger partial charge in [0, 0.05) is 25.6 Å². The number of nitrogens with zero attached hydrogens (tertiary/aromatic N) is 1. The van der Waals surface area contributed by atoms with Gasteiger partial charge in [-0.25, -0.2) is 0 Å². The Kier molecular flexibility index (Phi) is 6.81. The number of aryl methyl sites for hydroxylation is 2. The van der Waals surface area contributed by atoms with Crippen molar-refractivity contribution in [3.63, 3.8) is 0 Å². The average Bonchev–Trinajstić information content (AvgIpc) is 3.11. The molecular weight excluding hydrogens is 316 g/mol. The Balaban J connectivity index is 1.98. The van der Waals surface area contributed by atoms with Crippen molar-refractivity contribution in [3.05, 3.63) is 53.5 Å². The third-order valence-electron chi connectivity index (χ3n) is 4.24. The van der Waals surface area contributed by atoms with Gasteiger partial charge >= 0.3 is 0 Å². The first kappa shape index (κ1) is 18.8. The van der Waals surface area contributed by atoms with Gasteiger partial charge in [-0.15, -0.1) is 0 Å². The topological polar surface area (TPSA) is 62.6 Å². The summed E-state index contributed by atoms with van der Waals surface area (Å²) in [4.78, 5) is 25.8. The molecule has 0 bridgehead atoms. The monoisotopic (exact) mass is 342 g/mol. The lowest BCUT2D eigenvalue weighted by atomic mass is 10.0. The van der Waals surface area contributed by atoms with Gasteiger partial charge in [0.15, 0.2) is 0 Å². The van der Waals surface area contributed by atoms with Crippen LogP contribution in [0.15, 0.2) is 41.0 Å². The number of carbonyl (C=O) groups is 2. The van der Waals surface area contributed by atoms with E-state index in [1.165, 1.54) is 6.92 Å². The van der Waals surface area contributed by atoms with Crippen LogP contribution in [0.4, 0.5) is 5.69 Å². The molecule has 2 amide bonds. The summed E-state index contributed by atoms with van der Waals surface area (Å²) in [7, 11) is 0. The lowest BCUT2D eigenvalue weighted by molar-refractivity contribution is -0.130. The van der Waals surface area contributed by atoms with Crippen molar-refractivity contribution in [3.8, 4) is 0 Å². The van der Waals surface area contributed by atoms with Crippen molar-refractivity contribution in [1.82, 2.24) is 4.90 Å². The molecule has 1 aromatic heterocycles. The smallest absolute Gasteiger partial charge is 0.226 e. The lowest BCUT2D eigenvalue weighted by Gasteiger charge is -2.20. The Hall–Kier alpha value is -2.56. The van der Waals surface area contributed by atoms with Crippen LogP contribution < -0.4 is 5.32 Å². The van der Waals surface area contributed by atoms with Gasteiger partial charge < -0.3 is 14.6 Å². The fourth-order valence-electron chi connectivity index (χ4n) is 2.78. The minimum atomic E-state index is -0.0821. The number of hydrogen-bond acceptors (Lipinski definition) is 3. The molecular formula is C20H26N2O3. The Morgan fingerprint density at radius 2 is 1.76 bits per heavy atom. The van der Waals surface area contributed by atoms with Crippen LogP contribution in [-0.4, -0.2) is 23.3 Å². The first-order valence-electron chi connectivity index (χ1n) is 8.73. The zero-order valence-corrected chi connectivity index (χ0v) is 15.2. The molecule has 25 heavy (non-hydrogen) atoms. The summed E-state index contributed by atoms with van der Waals surface area (Å²) >= 11 is 0. The molecule has 0 radical (unpaired) electrons. The molecule has 5 nitrogen and oxygen atoms in total. The van der Waals surface area contributed by atoms with E-state index in [2.05, 4.69) is 19.2 Å². The molecule has 0 saturated carbocycles. The molecule has 134 valence electrons. The van der Waals surface area contributed by atoms with E-state index in [9.17, 15) is 9.59 Å². The van der Waals surface area contributed by atoms with Gasteiger partial charge in [0.25, 0.3) is 0 Å². The number of rotatable bonds is 8. The fraction of sp³-hybridized carbons (Fsp3) is 0.400. The summed E-state index contributed by atoms with van der Waals surface area (Å²) in [5.41, 5.74) is 3.18. The Labute approximate surface area is 149 Å². The number of furan rings is 1. The number of benzene rings is 1. The van der Waals surface area contributed by atoms with Crippen molar-refractivity contribution < 1.29 is 14.0 Å². The zero-order valence-electron chi connectivity index (χ0n) is 15.2. The van der Waals surface area contributed by atoms with Crippen LogP contribution in [0.3, 0.4) is 0 Å². The number of amides is 2. The van der Waals surface area contributed by atoms with Crippen LogP contribution in [0.1, 0.15) is 44.1 Å². The SMILES string of the molecule is CCc1cccc(CC)c1NC(=O)CCN(Cc1ccco1)C(C)=O. The molecule has 0 atom stereocenters. The second-order valence-electron chi connectivity index (χ2n) is 5.98. The van der Waals surface area contributed by atoms with Crippen LogP contribution >= 0.6 is 0 Å². The van der Waals surface area contributed by atoms with Gasteiger partial charge in [-0.05, 0) is 36.1 Å². The van der Waals surface area contributed by atoms with E-state index >= 15 is 0 Å². The molecule has 1 heterocycles. The number of anilines is 1. The van der Waals surface area contributed by atoms with Gasteiger partial charge in [-0.3, -0.25) is 9.59 Å². The van der Waals surface area contributed by atoms with E-state index in [0.717, 1.165) is 29.7 Å². The van der Waals surface area contributed by atoms with Crippen molar-refractivity contribution in [2.45, 2.75) is 46.6 Å². The lowest BCUT2D eigenvalue weighted by Crippen LogP contribution is -2.31. The molecule has 1 N–H and O–H groups in total. The molecule has 2 aromatic rings. The minimum absolute atomic E-state index is 0.0765. The number of para-hydroxylation sites is 1. The van der Waals surface area contributed by atoms with Crippen LogP contribution in [0, 0.1) is 0 Å². The highest BCUT2D eigenvalue weighted by Crippen LogP contribution is 2.22. The van der Waals surface area contributed by atoms with E-state index in [0.29, 0.717) is 18.8 Å².